The van der Waals surface area contributed by atoms with Crippen LogP contribution in [0.25, 0.3) is 0 Å². The third-order valence-corrected chi connectivity index (χ3v) is 5.76. The van der Waals surface area contributed by atoms with E-state index in [-0.39, 0.29) is 52.6 Å². The van der Waals surface area contributed by atoms with Gasteiger partial charge in [0.05, 0.1) is 30.8 Å². The molecule has 10 heteroatoms. The SMILES string of the molecule is COC(=O)CCC(=O)CNC(=O)c1ccc(C)c(C(=O)c2ccc(Nc3ccc(F)cc3F)cc2Cl)c1. The van der Waals surface area contributed by atoms with Gasteiger partial charge in [-0.3, -0.25) is 19.2 Å². The van der Waals surface area contributed by atoms with Crippen molar-refractivity contribution in [3.63, 3.8) is 0 Å². The smallest absolute Gasteiger partial charge is 0.305 e. The summed E-state index contributed by atoms with van der Waals surface area (Å²) in [6.45, 7) is 1.42. The Hall–Kier alpha value is -4.11. The molecule has 7 nitrogen and oxygen atoms in total. The topological polar surface area (TPSA) is 102 Å². The van der Waals surface area contributed by atoms with E-state index in [9.17, 15) is 28.0 Å². The Morgan fingerprint density at radius 1 is 0.919 bits per heavy atom. The van der Waals surface area contributed by atoms with Crippen LogP contribution >= 0.6 is 11.6 Å². The number of nitrogens with one attached hydrogen (secondary N) is 2. The first kappa shape index (κ1) is 27.5. The van der Waals surface area contributed by atoms with Crippen LogP contribution in [0, 0.1) is 18.6 Å². The molecule has 0 aliphatic carbocycles. The number of aryl methyl sites for hydroxylation is 1. The first-order valence-corrected chi connectivity index (χ1v) is 11.5. The standard InChI is InChI=1S/C27H23ClF2N2O5/c1-15-3-4-16(27(36)31-14-19(33)7-10-25(34)37-2)11-21(15)26(35)20-8-6-18(13-22(20)28)32-24-9-5-17(29)12-23(24)30/h3-6,8-9,11-13,32H,7,10,14H2,1-2H3,(H,31,36). The van der Waals surface area contributed by atoms with Crippen molar-refractivity contribution in [3.05, 3.63) is 93.5 Å². The van der Waals surface area contributed by atoms with Crippen LogP contribution in [-0.4, -0.2) is 37.1 Å². The zero-order chi connectivity index (χ0) is 27.1. The number of methoxy groups -OCH3 is 1. The molecule has 0 fully saturated rings. The van der Waals surface area contributed by atoms with Gasteiger partial charge >= 0.3 is 5.97 Å². The van der Waals surface area contributed by atoms with Crippen LogP contribution in [0.4, 0.5) is 20.2 Å². The van der Waals surface area contributed by atoms with Gasteiger partial charge in [-0.15, -0.1) is 0 Å². The fraction of sp³-hybridized carbons (Fsp3) is 0.185. The molecule has 0 aromatic heterocycles. The van der Waals surface area contributed by atoms with Crippen molar-refractivity contribution in [1.82, 2.24) is 5.32 Å². The summed E-state index contributed by atoms with van der Waals surface area (Å²) < 4.78 is 31.5. The maximum absolute atomic E-state index is 13.9. The number of hydrogen-bond donors (Lipinski definition) is 2. The van der Waals surface area contributed by atoms with Crippen LogP contribution in [0.5, 0.6) is 0 Å². The second-order valence-corrected chi connectivity index (χ2v) is 8.51. The molecule has 3 aromatic rings. The lowest BCUT2D eigenvalue weighted by molar-refractivity contribution is -0.141. The molecular formula is C27H23ClF2N2O5. The number of Topliss-reactive ketones (excluding diaryl/α,β-unsaturated/α-hetero) is 1. The number of rotatable bonds is 10. The summed E-state index contributed by atoms with van der Waals surface area (Å²) in [6.07, 6.45) is -0.149. The molecule has 37 heavy (non-hydrogen) atoms. The highest BCUT2D eigenvalue weighted by Crippen LogP contribution is 2.28. The first-order valence-electron chi connectivity index (χ1n) is 11.1. The van der Waals surface area contributed by atoms with Crippen LogP contribution in [0.3, 0.4) is 0 Å². The molecule has 192 valence electrons. The summed E-state index contributed by atoms with van der Waals surface area (Å²) in [5, 5.41) is 5.34. The Labute approximate surface area is 216 Å². The van der Waals surface area contributed by atoms with Crippen LogP contribution in [0.1, 0.15) is 44.7 Å². The zero-order valence-electron chi connectivity index (χ0n) is 20.0. The van der Waals surface area contributed by atoms with Crippen LogP contribution < -0.4 is 10.6 Å². The lowest BCUT2D eigenvalue weighted by Crippen LogP contribution is -2.30. The molecule has 3 aromatic carbocycles. The Bertz CT molecular complexity index is 1380. The lowest BCUT2D eigenvalue weighted by Gasteiger charge is -2.12. The van der Waals surface area contributed by atoms with Gasteiger partial charge in [0.2, 0.25) is 0 Å². The number of anilines is 2. The molecule has 0 spiro atoms. The van der Waals surface area contributed by atoms with Crippen molar-refractivity contribution >= 4 is 46.4 Å². The number of halogens is 3. The number of hydrogen-bond acceptors (Lipinski definition) is 6. The largest absolute Gasteiger partial charge is 0.469 e. The van der Waals surface area contributed by atoms with Gasteiger partial charge in [0, 0.05) is 34.9 Å². The van der Waals surface area contributed by atoms with E-state index < -0.39 is 29.3 Å². The van der Waals surface area contributed by atoms with Crippen molar-refractivity contribution in [2.24, 2.45) is 0 Å². The first-order chi connectivity index (χ1) is 17.6. The fourth-order valence-electron chi connectivity index (χ4n) is 3.39. The van der Waals surface area contributed by atoms with Gasteiger partial charge in [0.15, 0.2) is 11.6 Å². The second-order valence-electron chi connectivity index (χ2n) is 8.10. The van der Waals surface area contributed by atoms with E-state index >= 15 is 0 Å². The average molecular weight is 529 g/mol. The van der Waals surface area contributed by atoms with Gasteiger partial charge < -0.3 is 15.4 Å². The summed E-state index contributed by atoms with van der Waals surface area (Å²) in [5.41, 5.74) is 1.57. The van der Waals surface area contributed by atoms with Crippen molar-refractivity contribution in [1.29, 1.82) is 0 Å². The number of esters is 1. The Balaban J connectivity index is 1.72. The summed E-state index contributed by atoms with van der Waals surface area (Å²) in [5.74, 6) is -3.36. The molecule has 0 unspecified atom stereocenters. The Kier molecular flexibility index (Phi) is 9.08. The number of benzene rings is 3. The zero-order valence-corrected chi connectivity index (χ0v) is 20.7. The number of amides is 1. The minimum Gasteiger partial charge on any atom is -0.469 e. The number of carbonyl (C=O) groups is 4. The predicted octanol–water partition coefficient (Wildman–Crippen LogP) is 5.15. The highest BCUT2D eigenvalue weighted by Gasteiger charge is 2.19. The highest BCUT2D eigenvalue weighted by atomic mass is 35.5. The number of ether oxygens (including phenoxy) is 1. The lowest BCUT2D eigenvalue weighted by atomic mass is 9.96. The maximum atomic E-state index is 13.9. The number of ketones is 2. The van der Waals surface area contributed by atoms with Crippen molar-refractivity contribution in [3.8, 4) is 0 Å². The molecular weight excluding hydrogens is 506 g/mol. The second kappa shape index (κ2) is 12.2. The van der Waals surface area contributed by atoms with Crippen LogP contribution in [-0.2, 0) is 14.3 Å². The van der Waals surface area contributed by atoms with Gasteiger partial charge in [-0.2, -0.15) is 0 Å². The minimum atomic E-state index is -0.785. The van der Waals surface area contributed by atoms with E-state index in [1.807, 2.05) is 0 Å². The van der Waals surface area contributed by atoms with E-state index in [2.05, 4.69) is 15.4 Å². The van der Waals surface area contributed by atoms with E-state index in [4.69, 9.17) is 11.6 Å². The molecule has 1 amide bonds. The van der Waals surface area contributed by atoms with Crippen molar-refractivity contribution in [2.45, 2.75) is 19.8 Å². The predicted molar refractivity (Wildman–Crippen MR) is 134 cm³/mol. The summed E-state index contributed by atoms with van der Waals surface area (Å²) in [4.78, 5) is 48.8. The third kappa shape index (κ3) is 7.20. The summed E-state index contributed by atoms with van der Waals surface area (Å²) >= 11 is 6.34. The summed E-state index contributed by atoms with van der Waals surface area (Å²) in [7, 11) is 1.22. The molecule has 0 aliphatic rings. The normalized spacial score (nSPS) is 10.5. The van der Waals surface area contributed by atoms with Crippen molar-refractivity contribution in [2.75, 3.05) is 19.0 Å². The molecule has 0 radical (unpaired) electrons. The quantitative estimate of drug-likeness (QED) is 0.279. The molecule has 3 rings (SSSR count). The average Bonchev–Trinajstić information content (AvgIpc) is 2.87. The Morgan fingerprint density at radius 3 is 2.35 bits per heavy atom. The van der Waals surface area contributed by atoms with Gasteiger partial charge in [0.1, 0.15) is 11.6 Å². The van der Waals surface area contributed by atoms with Gasteiger partial charge in [-0.1, -0.05) is 17.7 Å². The van der Waals surface area contributed by atoms with Crippen molar-refractivity contribution < 1.29 is 32.7 Å². The molecule has 0 aliphatic heterocycles. The third-order valence-electron chi connectivity index (χ3n) is 5.45. The van der Waals surface area contributed by atoms with Gasteiger partial charge in [0.25, 0.3) is 5.91 Å². The van der Waals surface area contributed by atoms with E-state index in [1.54, 1.807) is 13.0 Å². The highest BCUT2D eigenvalue weighted by molar-refractivity contribution is 6.35. The van der Waals surface area contributed by atoms with Gasteiger partial charge in [-0.25, -0.2) is 8.78 Å². The molecule has 0 saturated carbocycles. The van der Waals surface area contributed by atoms with E-state index in [0.29, 0.717) is 11.3 Å². The molecule has 0 atom stereocenters. The van der Waals surface area contributed by atoms with Crippen LogP contribution in [0.2, 0.25) is 5.02 Å². The van der Waals surface area contributed by atoms with Gasteiger partial charge in [-0.05, 0) is 55.0 Å². The minimum absolute atomic E-state index is 0.0369. The molecule has 0 saturated heterocycles. The monoisotopic (exact) mass is 528 g/mol. The maximum Gasteiger partial charge on any atom is 0.305 e. The molecule has 0 bridgehead atoms. The molecule has 0 heterocycles. The Morgan fingerprint density at radius 2 is 1.68 bits per heavy atom. The van der Waals surface area contributed by atoms with Crippen LogP contribution in [0.15, 0.2) is 54.6 Å². The molecule has 2 N–H and O–H groups in total. The van der Waals surface area contributed by atoms with E-state index in [0.717, 1.165) is 12.1 Å². The van der Waals surface area contributed by atoms with E-state index in [1.165, 1.54) is 43.5 Å². The fourth-order valence-corrected chi connectivity index (χ4v) is 3.66. The summed E-state index contributed by atoms with van der Waals surface area (Å²) in [6, 6.07) is 12.0. The number of carbonyl (C=O) groups excluding carboxylic acids is 4.